The molecule has 0 aromatic carbocycles. The molecule has 114 valence electrons. The summed E-state index contributed by atoms with van der Waals surface area (Å²) in [6.45, 7) is 8.17. The molecule has 0 radical (unpaired) electrons. The average molecular weight is 289 g/mol. The summed E-state index contributed by atoms with van der Waals surface area (Å²) < 4.78 is 0. The van der Waals surface area contributed by atoms with Gasteiger partial charge in [-0.3, -0.25) is 14.6 Å². The number of hydrogen-bond donors (Lipinski definition) is 1. The number of hydrogen-bond acceptors (Lipinski definition) is 3. The van der Waals surface area contributed by atoms with Crippen LogP contribution in [-0.4, -0.2) is 33.8 Å². The summed E-state index contributed by atoms with van der Waals surface area (Å²) in [7, 11) is 0. The first-order valence-corrected chi connectivity index (χ1v) is 7.47. The van der Waals surface area contributed by atoms with E-state index in [2.05, 4.69) is 10.3 Å². The average Bonchev–Trinajstić information content (AvgIpc) is 2.44. The quantitative estimate of drug-likeness (QED) is 0.917. The smallest absolute Gasteiger partial charge is 0.246 e. The van der Waals surface area contributed by atoms with Crippen LogP contribution in [0.3, 0.4) is 0 Å². The number of pyridine rings is 1. The fourth-order valence-electron chi connectivity index (χ4n) is 2.68. The maximum absolute atomic E-state index is 12.7. The predicted molar refractivity (Wildman–Crippen MR) is 80.4 cm³/mol. The molecule has 2 heterocycles. The second-order valence-electron chi connectivity index (χ2n) is 5.89. The van der Waals surface area contributed by atoms with E-state index in [1.165, 1.54) is 0 Å². The van der Waals surface area contributed by atoms with Crippen LogP contribution < -0.4 is 5.32 Å². The molecule has 0 saturated carbocycles. The third-order valence-electron chi connectivity index (χ3n) is 4.02. The first-order chi connectivity index (χ1) is 9.95. The number of nitrogens with one attached hydrogen (secondary N) is 1. The summed E-state index contributed by atoms with van der Waals surface area (Å²) in [4.78, 5) is 31.0. The van der Waals surface area contributed by atoms with E-state index in [4.69, 9.17) is 0 Å². The Hall–Kier alpha value is -1.91. The van der Waals surface area contributed by atoms with Crippen molar-refractivity contribution in [3.63, 3.8) is 0 Å². The second-order valence-corrected chi connectivity index (χ2v) is 5.89. The van der Waals surface area contributed by atoms with Gasteiger partial charge in [0.15, 0.2) is 0 Å². The standard InChI is InChI=1S/C16H23N3O2/c1-5-13-15(20)18-14(10(2)3)16(21)19(13)9-12-11(4)7-6-8-17-12/h6-8,10,13-14H,5,9H2,1-4H3,(H,18,20). The Morgan fingerprint density at radius 1 is 1.38 bits per heavy atom. The minimum absolute atomic E-state index is 0.0125. The minimum Gasteiger partial charge on any atom is -0.342 e. The van der Waals surface area contributed by atoms with Crippen molar-refractivity contribution in [1.29, 1.82) is 0 Å². The van der Waals surface area contributed by atoms with Crippen molar-refractivity contribution in [1.82, 2.24) is 15.2 Å². The Morgan fingerprint density at radius 3 is 2.67 bits per heavy atom. The van der Waals surface area contributed by atoms with Crippen molar-refractivity contribution in [3.05, 3.63) is 29.6 Å². The molecule has 1 aliphatic rings. The summed E-state index contributed by atoms with van der Waals surface area (Å²) in [5.74, 6) is -0.00234. The van der Waals surface area contributed by atoms with Gasteiger partial charge in [-0.15, -0.1) is 0 Å². The highest BCUT2D eigenvalue weighted by Gasteiger charge is 2.40. The first-order valence-electron chi connectivity index (χ1n) is 7.47. The van der Waals surface area contributed by atoms with Crippen LogP contribution in [0.15, 0.2) is 18.3 Å². The van der Waals surface area contributed by atoms with E-state index in [1.54, 1.807) is 11.1 Å². The normalized spacial score (nSPS) is 22.6. The van der Waals surface area contributed by atoms with E-state index in [9.17, 15) is 9.59 Å². The summed E-state index contributed by atoms with van der Waals surface area (Å²) in [6, 6.07) is 2.99. The lowest BCUT2D eigenvalue weighted by molar-refractivity contribution is -0.151. The van der Waals surface area contributed by atoms with E-state index in [0.29, 0.717) is 13.0 Å². The summed E-state index contributed by atoms with van der Waals surface area (Å²) >= 11 is 0. The molecule has 1 aromatic rings. The van der Waals surface area contributed by atoms with Crippen molar-refractivity contribution in [2.24, 2.45) is 5.92 Å². The second kappa shape index (κ2) is 6.24. The van der Waals surface area contributed by atoms with Crippen LogP contribution in [0, 0.1) is 12.8 Å². The zero-order valence-electron chi connectivity index (χ0n) is 13.1. The van der Waals surface area contributed by atoms with E-state index in [1.807, 2.05) is 39.8 Å². The third-order valence-corrected chi connectivity index (χ3v) is 4.02. The van der Waals surface area contributed by atoms with Gasteiger partial charge in [-0.05, 0) is 30.9 Å². The molecule has 0 bridgehead atoms. The summed E-state index contributed by atoms with van der Waals surface area (Å²) in [5, 5.41) is 2.85. The fraction of sp³-hybridized carbons (Fsp3) is 0.562. The van der Waals surface area contributed by atoms with Crippen molar-refractivity contribution in [2.75, 3.05) is 0 Å². The molecule has 1 saturated heterocycles. The Kier molecular flexibility index (Phi) is 4.60. The zero-order valence-corrected chi connectivity index (χ0v) is 13.1. The van der Waals surface area contributed by atoms with Crippen molar-refractivity contribution in [3.8, 4) is 0 Å². The molecule has 1 fully saturated rings. The van der Waals surface area contributed by atoms with Crippen LogP contribution in [0.25, 0.3) is 0 Å². The van der Waals surface area contributed by atoms with Gasteiger partial charge in [0.2, 0.25) is 11.8 Å². The van der Waals surface area contributed by atoms with Crippen LogP contribution in [0.2, 0.25) is 0 Å². The van der Waals surface area contributed by atoms with Crippen molar-refractivity contribution < 1.29 is 9.59 Å². The highest BCUT2D eigenvalue weighted by Crippen LogP contribution is 2.20. The van der Waals surface area contributed by atoms with Gasteiger partial charge in [0, 0.05) is 6.20 Å². The van der Waals surface area contributed by atoms with E-state index < -0.39 is 12.1 Å². The number of aromatic nitrogens is 1. The lowest BCUT2D eigenvalue weighted by atomic mass is 9.96. The SMILES string of the molecule is CCC1C(=O)NC(C(C)C)C(=O)N1Cc1ncccc1C. The van der Waals surface area contributed by atoms with Gasteiger partial charge in [0.05, 0.1) is 12.2 Å². The molecule has 2 atom stereocenters. The van der Waals surface area contributed by atoms with Crippen LogP contribution in [-0.2, 0) is 16.1 Å². The van der Waals surface area contributed by atoms with Gasteiger partial charge < -0.3 is 10.2 Å². The number of carbonyl (C=O) groups is 2. The summed E-state index contributed by atoms with van der Waals surface area (Å²) in [5.41, 5.74) is 1.88. The topological polar surface area (TPSA) is 62.3 Å². The number of aryl methyl sites for hydroxylation is 1. The van der Waals surface area contributed by atoms with E-state index in [-0.39, 0.29) is 17.7 Å². The molecular formula is C16H23N3O2. The van der Waals surface area contributed by atoms with Crippen LogP contribution in [0.1, 0.15) is 38.4 Å². The van der Waals surface area contributed by atoms with Gasteiger partial charge in [-0.2, -0.15) is 0 Å². The molecule has 1 aliphatic heterocycles. The molecular weight excluding hydrogens is 266 g/mol. The summed E-state index contributed by atoms with van der Waals surface area (Å²) in [6.07, 6.45) is 2.33. The number of amides is 2. The monoisotopic (exact) mass is 289 g/mol. The Labute approximate surface area is 125 Å². The molecule has 5 nitrogen and oxygen atoms in total. The lowest BCUT2D eigenvalue weighted by Crippen LogP contribution is -2.64. The van der Waals surface area contributed by atoms with E-state index in [0.717, 1.165) is 11.3 Å². The fourth-order valence-corrected chi connectivity index (χ4v) is 2.68. The highest BCUT2D eigenvalue weighted by atomic mass is 16.2. The number of nitrogens with zero attached hydrogens (tertiary/aromatic N) is 2. The Bertz CT molecular complexity index is 542. The molecule has 2 amide bonds. The van der Waals surface area contributed by atoms with E-state index >= 15 is 0 Å². The molecule has 1 aromatic heterocycles. The van der Waals surface area contributed by atoms with Gasteiger partial charge in [0.1, 0.15) is 12.1 Å². The van der Waals surface area contributed by atoms with Gasteiger partial charge in [-0.25, -0.2) is 0 Å². The van der Waals surface area contributed by atoms with Crippen molar-refractivity contribution >= 4 is 11.8 Å². The number of rotatable bonds is 4. The van der Waals surface area contributed by atoms with Crippen LogP contribution >= 0.6 is 0 Å². The van der Waals surface area contributed by atoms with Crippen LogP contribution in [0.4, 0.5) is 0 Å². The largest absolute Gasteiger partial charge is 0.342 e. The van der Waals surface area contributed by atoms with Gasteiger partial charge in [0.25, 0.3) is 0 Å². The molecule has 1 N–H and O–H groups in total. The molecule has 5 heteroatoms. The number of piperazine rings is 1. The minimum atomic E-state index is -0.440. The molecule has 2 rings (SSSR count). The number of carbonyl (C=O) groups excluding carboxylic acids is 2. The Morgan fingerprint density at radius 2 is 2.10 bits per heavy atom. The van der Waals surface area contributed by atoms with Crippen molar-refractivity contribution in [2.45, 2.75) is 52.7 Å². The molecule has 21 heavy (non-hydrogen) atoms. The first kappa shape index (κ1) is 15.5. The zero-order chi connectivity index (χ0) is 15.6. The highest BCUT2D eigenvalue weighted by molar-refractivity contribution is 5.97. The van der Waals surface area contributed by atoms with Crippen LogP contribution in [0.5, 0.6) is 0 Å². The predicted octanol–water partition coefficient (Wildman–Crippen LogP) is 1.65. The molecule has 0 spiro atoms. The van der Waals surface area contributed by atoms with Gasteiger partial charge in [-0.1, -0.05) is 26.8 Å². The maximum Gasteiger partial charge on any atom is 0.246 e. The third kappa shape index (κ3) is 3.06. The lowest BCUT2D eigenvalue weighted by Gasteiger charge is -2.40. The maximum atomic E-state index is 12.7. The molecule has 0 aliphatic carbocycles. The van der Waals surface area contributed by atoms with Gasteiger partial charge >= 0.3 is 0 Å². The Balaban J connectivity index is 2.30. The molecule has 2 unspecified atom stereocenters.